The van der Waals surface area contributed by atoms with Crippen LogP contribution in [0.5, 0.6) is 5.75 Å². The predicted octanol–water partition coefficient (Wildman–Crippen LogP) is -0.319. The number of hydrogen-bond donors (Lipinski definition) is 3. The summed E-state index contributed by atoms with van der Waals surface area (Å²) in [6.45, 7) is 0.124. The maximum absolute atomic E-state index is 11.4. The minimum atomic E-state index is -0.920. The maximum Gasteiger partial charge on any atom is 0.330 e. The lowest BCUT2D eigenvalue weighted by atomic mass is 10.1. The number of phenols is 1. The molecule has 6 nitrogen and oxygen atoms in total. The molecule has 0 amide bonds. The molecular formula is C12H16N2O4. The zero-order chi connectivity index (χ0) is 13.5. The van der Waals surface area contributed by atoms with Crippen LogP contribution in [0.4, 0.5) is 0 Å². The molecule has 1 atom stereocenters. The first-order valence-corrected chi connectivity index (χ1v) is 5.51. The number of carbonyl (C=O) groups is 2. The largest absolute Gasteiger partial charge is 0.508 e. The number of esters is 2. The van der Waals surface area contributed by atoms with E-state index in [1.54, 1.807) is 12.1 Å². The fraction of sp³-hybridized carbons (Fsp3) is 0.333. The van der Waals surface area contributed by atoms with Crippen LogP contribution in [0, 0.1) is 0 Å². The van der Waals surface area contributed by atoms with Crippen LogP contribution >= 0.6 is 0 Å². The lowest BCUT2D eigenvalue weighted by Gasteiger charge is -2.10. The van der Waals surface area contributed by atoms with Crippen molar-refractivity contribution in [1.82, 2.24) is 0 Å². The first-order chi connectivity index (χ1) is 8.52. The highest BCUT2D eigenvalue weighted by atomic mass is 16.6. The lowest BCUT2D eigenvalue weighted by molar-refractivity contribution is -0.160. The smallest absolute Gasteiger partial charge is 0.330 e. The summed E-state index contributed by atoms with van der Waals surface area (Å²) in [7, 11) is 0. The van der Waals surface area contributed by atoms with Crippen molar-refractivity contribution in [3.63, 3.8) is 0 Å². The molecule has 1 rings (SSSR count). The van der Waals surface area contributed by atoms with Gasteiger partial charge in [-0.05, 0) is 24.1 Å². The minimum Gasteiger partial charge on any atom is -0.508 e. The van der Waals surface area contributed by atoms with Gasteiger partial charge in [-0.1, -0.05) is 12.1 Å². The van der Waals surface area contributed by atoms with Gasteiger partial charge in [-0.15, -0.1) is 0 Å². The van der Waals surface area contributed by atoms with Crippen molar-refractivity contribution in [2.45, 2.75) is 18.9 Å². The van der Waals surface area contributed by atoms with E-state index in [0.717, 1.165) is 5.56 Å². The molecule has 0 saturated carbocycles. The molecule has 0 bridgehead atoms. The summed E-state index contributed by atoms with van der Waals surface area (Å²) >= 11 is 0. The Morgan fingerprint density at radius 1 is 1.28 bits per heavy atom. The van der Waals surface area contributed by atoms with Crippen LogP contribution in [0.2, 0.25) is 0 Å². The first kappa shape index (κ1) is 14.1. The molecule has 0 spiro atoms. The zero-order valence-corrected chi connectivity index (χ0v) is 9.83. The van der Waals surface area contributed by atoms with Crippen LogP contribution in [0.25, 0.3) is 0 Å². The molecule has 0 aromatic heterocycles. The second kappa shape index (κ2) is 6.73. The van der Waals surface area contributed by atoms with E-state index in [2.05, 4.69) is 4.74 Å². The third kappa shape index (κ3) is 4.52. The first-order valence-electron chi connectivity index (χ1n) is 5.51. The molecule has 0 fully saturated rings. The number of benzene rings is 1. The van der Waals surface area contributed by atoms with E-state index in [0.29, 0.717) is 0 Å². The van der Waals surface area contributed by atoms with Crippen LogP contribution in [0.3, 0.4) is 0 Å². The van der Waals surface area contributed by atoms with Gasteiger partial charge in [0.2, 0.25) is 0 Å². The predicted molar refractivity (Wildman–Crippen MR) is 64.6 cm³/mol. The van der Waals surface area contributed by atoms with Crippen LogP contribution in [-0.4, -0.2) is 29.6 Å². The van der Waals surface area contributed by atoms with Gasteiger partial charge in [-0.25, -0.2) is 4.79 Å². The molecule has 18 heavy (non-hydrogen) atoms. The summed E-state index contributed by atoms with van der Waals surface area (Å²) in [5, 5.41) is 9.10. The summed E-state index contributed by atoms with van der Waals surface area (Å²) in [6.07, 6.45) is 0.215. The topological polar surface area (TPSA) is 116 Å². The fourth-order valence-electron chi connectivity index (χ4n) is 1.33. The van der Waals surface area contributed by atoms with Crippen molar-refractivity contribution in [3.8, 4) is 5.75 Å². The number of aromatic hydroxyl groups is 1. The third-order valence-electron chi connectivity index (χ3n) is 2.26. The van der Waals surface area contributed by atoms with Crippen LogP contribution < -0.4 is 11.5 Å². The maximum atomic E-state index is 11.4. The molecule has 0 aliphatic heterocycles. The Kier molecular flexibility index (Phi) is 5.29. The molecule has 0 heterocycles. The van der Waals surface area contributed by atoms with Gasteiger partial charge in [0.1, 0.15) is 11.8 Å². The van der Waals surface area contributed by atoms with E-state index in [1.165, 1.54) is 12.1 Å². The molecule has 98 valence electrons. The van der Waals surface area contributed by atoms with Crippen molar-refractivity contribution in [1.29, 1.82) is 0 Å². The quantitative estimate of drug-likeness (QED) is 0.488. The monoisotopic (exact) mass is 252 g/mol. The Morgan fingerprint density at radius 3 is 2.44 bits per heavy atom. The minimum absolute atomic E-state index is 0.0162. The molecule has 0 saturated heterocycles. The second-order valence-electron chi connectivity index (χ2n) is 3.81. The highest BCUT2D eigenvalue weighted by Gasteiger charge is 2.18. The van der Waals surface area contributed by atoms with E-state index < -0.39 is 18.0 Å². The molecule has 6 heteroatoms. The van der Waals surface area contributed by atoms with Crippen LogP contribution in [-0.2, 0) is 20.7 Å². The molecule has 0 aliphatic carbocycles. The van der Waals surface area contributed by atoms with E-state index in [4.69, 9.17) is 16.6 Å². The van der Waals surface area contributed by atoms with Crippen molar-refractivity contribution < 1.29 is 19.4 Å². The summed E-state index contributed by atoms with van der Waals surface area (Å²) in [4.78, 5) is 22.5. The van der Waals surface area contributed by atoms with Gasteiger partial charge in [0.25, 0.3) is 0 Å². The number of carbonyl (C=O) groups excluding carboxylic acids is 2. The molecule has 0 unspecified atom stereocenters. The molecule has 0 aliphatic rings. The molecule has 5 N–H and O–H groups in total. The van der Waals surface area contributed by atoms with E-state index in [1.807, 2.05) is 0 Å². The Balaban J connectivity index is 2.49. The van der Waals surface area contributed by atoms with Gasteiger partial charge in [-0.2, -0.15) is 0 Å². The van der Waals surface area contributed by atoms with E-state index in [9.17, 15) is 9.59 Å². The van der Waals surface area contributed by atoms with Gasteiger partial charge < -0.3 is 21.3 Å². The Bertz CT molecular complexity index is 417. The third-order valence-corrected chi connectivity index (χ3v) is 2.26. The molecule has 1 aromatic rings. The van der Waals surface area contributed by atoms with Gasteiger partial charge in [-0.3, -0.25) is 4.79 Å². The Labute approximate surface area is 105 Å². The summed E-state index contributed by atoms with van der Waals surface area (Å²) in [5.41, 5.74) is 11.5. The highest BCUT2D eigenvalue weighted by Crippen LogP contribution is 2.11. The van der Waals surface area contributed by atoms with Gasteiger partial charge >= 0.3 is 11.9 Å². The van der Waals surface area contributed by atoms with Crippen LogP contribution in [0.1, 0.15) is 12.0 Å². The highest BCUT2D eigenvalue weighted by molar-refractivity contribution is 5.88. The second-order valence-corrected chi connectivity index (χ2v) is 3.81. The number of hydrogen-bond acceptors (Lipinski definition) is 6. The zero-order valence-electron chi connectivity index (χ0n) is 9.83. The summed E-state index contributed by atoms with van der Waals surface area (Å²) in [6, 6.07) is 5.35. The number of ether oxygens (including phenoxy) is 1. The molecule has 1 aromatic carbocycles. The lowest BCUT2D eigenvalue weighted by Crippen LogP contribution is -2.36. The standard InChI is InChI=1S/C12H16N2O4/c13-6-5-11(16)18-12(17)10(14)7-8-1-3-9(15)4-2-8/h1-4,10,15H,5-7,13-14H2/t10-/m0/s1. The number of phenolic OH excluding ortho intramolecular Hbond substituents is 1. The van der Waals surface area contributed by atoms with Crippen molar-refractivity contribution >= 4 is 11.9 Å². The van der Waals surface area contributed by atoms with Gasteiger partial charge in [0, 0.05) is 6.54 Å². The van der Waals surface area contributed by atoms with Crippen molar-refractivity contribution in [2.24, 2.45) is 11.5 Å². The normalized spacial score (nSPS) is 11.9. The Morgan fingerprint density at radius 2 is 1.89 bits per heavy atom. The van der Waals surface area contributed by atoms with Crippen molar-refractivity contribution in [3.05, 3.63) is 29.8 Å². The molecular weight excluding hydrogens is 236 g/mol. The summed E-state index contributed by atoms with van der Waals surface area (Å²) < 4.78 is 4.52. The van der Waals surface area contributed by atoms with Crippen molar-refractivity contribution in [2.75, 3.05) is 6.54 Å². The van der Waals surface area contributed by atoms with Crippen LogP contribution in [0.15, 0.2) is 24.3 Å². The van der Waals surface area contributed by atoms with E-state index in [-0.39, 0.29) is 25.1 Å². The molecule has 0 radical (unpaired) electrons. The van der Waals surface area contributed by atoms with Gasteiger partial charge in [0.15, 0.2) is 0 Å². The average Bonchev–Trinajstić information content (AvgIpc) is 2.32. The fourth-order valence-corrected chi connectivity index (χ4v) is 1.33. The summed E-state index contributed by atoms with van der Waals surface area (Å²) in [5.74, 6) is -1.32. The van der Waals surface area contributed by atoms with E-state index >= 15 is 0 Å². The Hall–Kier alpha value is -1.92. The SMILES string of the molecule is NCCC(=O)OC(=O)[C@@H](N)Cc1ccc(O)cc1. The number of rotatable bonds is 5. The van der Waals surface area contributed by atoms with Gasteiger partial charge in [0.05, 0.1) is 6.42 Å². The average molecular weight is 252 g/mol. The number of nitrogens with two attached hydrogens (primary N) is 2.